The van der Waals surface area contributed by atoms with Crippen LogP contribution in [-0.2, 0) is 6.42 Å². The molecule has 0 aliphatic heterocycles. The Labute approximate surface area is 162 Å². The summed E-state index contributed by atoms with van der Waals surface area (Å²) in [6.07, 6.45) is -0.842. The molecule has 4 rings (SSSR count). The first kappa shape index (κ1) is 18.6. The third-order valence-electron chi connectivity index (χ3n) is 3.98. The average molecular weight is 401 g/mol. The molecule has 8 nitrogen and oxygen atoms in total. The van der Waals surface area contributed by atoms with Crippen molar-refractivity contribution in [3.8, 4) is 28.5 Å². The molecule has 0 aliphatic carbocycles. The fraction of sp³-hybridized carbons (Fsp3) is 0.167. The number of tetrazole rings is 1. The maximum absolute atomic E-state index is 12.5. The molecule has 0 unspecified atom stereocenters. The number of alkyl halides is 3. The van der Waals surface area contributed by atoms with E-state index in [0.29, 0.717) is 28.6 Å². The summed E-state index contributed by atoms with van der Waals surface area (Å²) in [6.45, 7) is -1.35. The van der Waals surface area contributed by atoms with Crippen LogP contribution in [0.3, 0.4) is 0 Å². The first-order valence-electron chi connectivity index (χ1n) is 8.50. The van der Waals surface area contributed by atoms with Crippen LogP contribution in [0.1, 0.15) is 11.4 Å². The topological polar surface area (TPSA) is 105 Å². The number of nitrogens with zero attached hydrogens (tertiary/aromatic N) is 5. The molecule has 0 fully saturated rings. The van der Waals surface area contributed by atoms with Gasteiger partial charge in [0, 0.05) is 29.9 Å². The van der Waals surface area contributed by atoms with Gasteiger partial charge in [-0.25, -0.2) is 4.98 Å². The Balaban J connectivity index is 1.53. The lowest BCUT2D eigenvalue weighted by atomic mass is 10.1. The predicted octanol–water partition coefficient (Wildman–Crippen LogP) is 3.18. The highest BCUT2D eigenvalue weighted by Gasteiger charge is 2.28. The van der Waals surface area contributed by atoms with E-state index in [1.807, 2.05) is 0 Å². The normalized spacial score (nSPS) is 11.6. The minimum absolute atomic E-state index is 0.167. The molecule has 0 saturated carbocycles. The Hall–Kier alpha value is -3.76. The second kappa shape index (κ2) is 7.70. The molecule has 11 heteroatoms. The Morgan fingerprint density at radius 1 is 1.07 bits per heavy atom. The summed E-state index contributed by atoms with van der Waals surface area (Å²) >= 11 is 0. The molecular formula is C18H14F3N7O. The number of halogens is 3. The molecule has 3 heterocycles. The lowest BCUT2D eigenvalue weighted by Gasteiger charge is -2.12. The van der Waals surface area contributed by atoms with E-state index in [0.717, 1.165) is 5.56 Å². The van der Waals surface area contributed by atoms with Crippen molar-refractivity contribution in [3.05, 3.63) is 60.2 Å². The highest BCUT2D eigenvalue weighted by atomic mass is 19.4. The van der Waals surface area contributed by atoms with Crippen LogP contribution in [0.25, 0.3) is 22.8 Å². The number of benzene rings is 1. The molecule has 1 aromatic carbocycles. The smallest absolute Gasteiger partial charge is 0.422 e. The summed E-state index contributed by atoms with van der Waals surface area (Å²) in [5, 5.41) is 13.8. The standard InChI is InChI=1S/C18H14F3N7O/c19-18(20,21)10-29-15-4-2-1-3-11(15)8-16-23-9-14(24-16)13-7-12(5-6-22-13)17-25-27-28-26-17/h1-7,9H,8,10H2,(H,23,24)(H,25,26,27,28). The summed E-state index contributed by atoms with van der Waals surface area (Å²) in [4.78, 5) is 11.8. The van der Waals surface area contributed by atoms with Crippen LogP contribution in [0.4, 0.5) is 13.2 Å². The van der Waals surface area contributed by atoms with Crippen molar-refractivity contribution in [1.82, 2.24) is 35.6 Å². The molecular weight excluding hydrogens is 387 g/mol. The van der Waals surface area contributed by atoms with E-state index in [2.05, 4.69) is 35.6 Å². The minimum atomic E-state index is -4.40. The average Bonchev–Trinajstić information content (AvgIpc) is 3.39. The number of H-pyrrole nitrogens is 2. The molecule has 0 radical (unpaired) electrons. The minimum Gasteiger partial charge on any atom is -0.484 e. The zero-order valence-electron chi connectivity index (χ0n) is 14.8. The third kappa shape index (κ3) is 4.57. The zero-order valence-corrected chi connectivity index (χ0v) is 14.8. The van der Waals surface area contributed by atoms with Gasteiger partial charge in [0.15, 0.2) is 6.61 Å². The number of rotatable bonds is 6. The molecule has 148 valence electrons. The SMILES string of the molecule is FC(F)(F)COc1ccccc1Cc1nc(-c2cc(-c3nn[nH]n3)ccn2)c[nH]1. The van der Waals surface area contributed by atoms with E-state index in [1.165, 1.54) is 6.07 Å². The van der Waals surface area contributed by atoms with Gasteiger partial charge in [-0.05, 0) is 23.4 Å². The quantitative estimate of drug-likeness (QED) is 0.514. The molecule has 0 aliphatic rings. The molecule has 29 heavy (non-hydrogen) atoms. The van der Waals surface area contributed by atoms with Crippen molar-refractivity contribution < 1.29 is 17.9 Å². The van der Waals surface area contributed by atoms with Crippen molar-refractivity contribution in [1.29, 1.82) is 0 Å². The molecule has 2 N–H and O–H groups in total. The number of hydrogen-bond donors (Lipinski definition) is 2. The van der Waals surface area contributed by atoms with Crippen LogP contribution in [0.2, 0.25) is 0 Å². The Morgan fingerprint density at radius 3 is 2.72 bits per heavy atom. The number of hydrogen-bond acceptors (Lipinski definition) is 6. The van der Waals surface area contributed by atoms with Gasteiger partial charge in [-0.1, -0.05) is 18.2 Å². The zero-order chi connectivity index (χ0) is 20.3. The van der Waals surface area contributed by atoms with Crippen molar-refractivity contribution in [2.45, 2.75) is 12.6 Å². The summed E-state index contributed by atoms with van der Waals surface area (Å²) in [5.41, 5.74) is 2.49. The van der Waals surface area contributed by atoms with Gasteiger partial charge in [-0.2, -0.15) is 18.4 Å². The fourth-order valence-electron chi connectivity index (χ4n) is 2.71. The molecule has 0 saturated heterocycles. The number of aromatic nitrogens is 7. The van der Waals surface area contributed by atoms with Crippen LogP contribution in [0, 0.1) is 0 Å². The molecule has 0 atom stereocenters. The van der Waals surface area contributed by atoms with Crippen LogP contribution in [-0.4, -0.2) is 48.4 Å². The van der Waals surface area contributed by atoms with E-state index >= 15 is 0 Å². The fourth-order valence-corrected chi connectivity index (χ4v) is 2.71. The summed E-state index contributed by atoms with van der Waals surface area (Å²) < 4.78 is 42.3. The van der Waals surface area contributed by atoms with Gasteiger partial charge in [0.1, 0.15) is 17.3 Å². The largest absolute Gasteiger partial charge is 0.484 e. The monoisotopic (exact) mass is 401 g/mol. The van der Waals surface area contributed by atoms with Crippen LogP contribution >= 0.6 is 0 Å². The van der Waals surface area contributed by atoms with E-state index < -0.39 is 12.8 Å². The van der Waals surface area contributed by atoms with Crippen LogP contribution in [0.15, 0.2) is 48.8 Å². The highest BCUT2D eigenvalue weighted by molar-refractivity contribution is 5.63. The second-order valence-corrected chi connectivity index (χ2v) is 6.09. The molecule has 4 aromatic rings. The van der Waals surface area contributed by atoms with Gasteiger partial charge in [-0.15, -0.1) is 10.2 Å². The number of aromatic amines is 2. The van der Waals surface area contributed by atoms with Crippen molar-refractivity contribution in [3.63, 3.8) is 0 Å². The van der Waals surface area contributed by atoms with E-state index in [1.54, 1.807) is 42.7 Å². The Bertz CT molecular complexity index is 1090. The lowest BCUT2D eigenvalue weighted by molar-refractivity contribution is -0.153. The number of pyridine rings is 1. The van der Waals surface area contributed by atoms with Gasteiger partial charge in [0.25, 0.3) is 0 Å². The number of imidazole rings is 1. The Morgan fingerprint density at radius 2 is 1.93 bits per heavy atom. The van der Waals surface area contributed by atoms with Gasteiger partial charge >= 0.3 is 6.18 Å². The number of nitrogens with one attached hydrogen (secondary N) is 2. The van der Waals surface area contributed by atoms with Gasteiger partial charge < -0.3 is 9.72 Å². The van der Waals surface area contributed by atoms with Gasteiger partial charge in [0.2, 0.25) is 5.82 Å². The molecule has 0 spiro atoms. The first-order valence-corrected chi connectivity index (χ1v) is 8.50. The second-order valence-electron chi connectivity index (χ2n) is 6.09. The summed E-state index contributed by atoms with van der Waals surface area (Å²) in [6, 6.07) is 10.1. The van der Waals surface area contributed by atoms with Crippen LogP contribution < -0.4 is 4.74 Å². The maximum atomic E-state index is 12.5. The maximum Gasteiger partial charge on any atom is 0.422 e. The molecule has 0 bridgehead atoms. The highest BCUT2D eigenvalue weighted by Crippen LogP contribution is 2.25. The van der Waals surface area contributed by atoms with E-state index in [4.69, 9.17) is 4.74 Å². The first-order chi connectivity index (χ1) is 14.0. The van der Waals surface area contributed by atoms with Crippen molar-refractivity contribution in [2.24, 2.45) is 0 Å². The number of ether oxygens (including phenoxy) is 1. The summed E-state index contributed by atoms with van der Waals surface area (Å²) in [5.74, 6) is 1.16. The van der Waals surface area contributed by atoms with Gasteiger partial charge in [0.05, 0.1) is 5.69 Å². The lowest BCUT2D eigenvalue weighted by Crippen LogP contribution is -2.19. The van der Waals surface area contributed by atoms with Gasteiger partial charge in [-0.3, -0.25) is 4.98 Å². The number of para-hydroxylation sites is 1. The van der Waals surface area contributed by atoms with Crippen LogP contribution in [0.5, 0.6) is 5.75 Å². The third-order valence-corrected chi connectivity index (χ3v) is 3.98. The molecule has 3 aromatic heterocycles. The summed E-state index contributed by atoms with van der Waals surface area (Å²) in [7, 11) is 0. The van der Waals surface area contributed by atoms with E-state index in [9.17, 15) is 13.2 Å². The predicted molar refractivity (Wildman–Crippen MR) is 95.8 cm³/mol. The van der Waals surface area contributed by atoms with E-state index in [-0.39, 0.29) is 12.2 Å². The van der Waals surface area contributed by atoms with Crippen molar-refractivity contribution >= 4 is 0 Å². The molecule has 0 amide bonds. The van der Waals surface area contributed by atoms with Crippen molar-refractivity contribution in [2.75, 3.05) is 6.61 Å². The Kier molecular flexibility index (Phi) is 4.94.